The molecule has 2 aromatic rings. The molecule has 4 nitrogen and oxygen atoms in total. The van der Waals surface area contributed by atoms with Gasteiger partial charge in [0.2, 0.25) is 0 Å². The van der Waals surface area contributed by atoms with Crippen molar-refractivity contribution in [2.24, 2.45) is 4.99 Å². The summed E-state index contributed by atoms with van der Waals surface area (Å²) in [5.74, 6) is 6.02. The van der Waals surface area contributed by atoms with Crippen LogP contribution in [0, 0.1) is 11.8 Å². The third-order valence-corrected chi connectivity index (χ3v) is 4.57. The molecule has 0 spiro atoms. The molecule has 1 aliphatic heterocycles. The lowest BCUT2D eigenvalue weighted by Gasteiger charge is -2.10. The summed E-state index contributed by atoms with van der Waals surface area (Å²) in [6.07, 6.45) is 8.05. The van der Waals surface area contributed by atoms with Crippen molar-refractivity contribution in [3.05, 3.63) is 65.8 Å². The van der Waals surface area contributed by atoms with Gasteiger partial charge in [0.05, 0.1) is 16.7 Å². The molecule has 0 amide bonds. The number of hydrogen-bond donors (Lipinski definition) is 0. The minimum absolute atomic E-state index is 0.313. The van der Waals surface area contributed by atoms with Crippen molar-refractivity contribution in [3.8, 4) is 11.8 Å². The Balaban J connectivity index is 1.84. The number of furan rings is 1. The number of rotatable bonds is 2. The highest BCUT2D eigenvalue weighted by molar-refractivity contribution is 7.90. The van der Waals surface area contributed by atoms with E-state index in [0.29, 0.717) is 4.90 Å². The average molecular weight is 325 g/mol. The number of sulfone groups is 1. The summed E-state index contributed by atoms with van der Waals surface area (Å²) in [6, 6.07) is 8.61. The van der Waals surface area contributed by atoms with Gasteiger partial charge in [-0.25, -0.2) is 13.4 Å². The summed E-state index contributed by atoms with van der Waals surface area (Å²) < 4.78 is 28.0. The average Bonchev–Trinajstić information content (AvgIpc) is 3.06. The van der Waals surface area contributed by atoms with Crippen molar-refractivity contribution in [2.75, 3.05) is 6.26 Å². The molecule has 0 N–H and O–H groups in total. The van der Waals surface area contributed by atoms with Gasteiger partial charge in [-0.15, -0.1) is 0 Å². The van der Waals surface area contributed by atoms with Crippen LogP contribution in [-0.4, -0.2) is 20.4 Å². The summed E-state index contributed by atoms with van der Waals surface area (Å²) in [4.78, 5) is 4.88. The summed E-state index contributed by atoms with van der Waals surface area (Å²) in [5.41, 5.74) is 3.38. The number of benzene rings is 1. The smallest absolute Gasteiger partial charge is 0.175 e. The van der Waals surface area contributed by atoms with Crippen molar-refractivity contribution in [3.63, 3.8) is 0 Å². The van der Waals surface area contributed by atoms with Crippen LogP contribution in [-0.2, 0) is 9.84 Å². The molecular weight excluding hydrogens is 310 g/mol. The SMILES string of the molecule is CS(=O)(=O)c1ccc(C2=NC(C#Cc3ccoc3)=CCC2)cc1. The maximum Gasteiger partial charge on any atom is 0.175 e. The fraction of sp³-hybridized carbons (Fsp3) is 0.167. The molecule has 0 radical (unpaired) electrons. The predicted octanol–water partition coefficient (Wildman–Crippen LogP) is 3.20. The summed E-state index contributed by atoms with van der Waals surface area (Å²) in [5, 5.41) is 0. The van der Waals surface area contributed by atoms with Crippen LogP contribution in [0.1, 0.15) is 24.0 Å². The maximum absolute atomic E-state index is 11.5. The molecule has 2 heterocycles. The summed E-state index contributed by atoms with van der Waals surface area (Å²) in [6.45, 7) is 0. The summed E-state index contributed by atoms with van der Waals surface area (Å²) >= 11 is 0. The molecule has 0 bridgehead atoms. The lowest BCUT2D eigenvalue weighted by Crippen LogP contribution is -2.05. The number of allylic oxidation sites excluding steroid dienone is 2. The molecule has 0 aliphatic carbocycles. The van der Waals surface area contributed by atoms with Crippen LogP contribution in [0.4, 0.5) is 0 Å². The van der Waals surface area contributed by atoms with Gasteiger partial charge in [-0.2, -0.15) is 0 Å². The molecule has 0 unspecified atom stereocenters. The standard InChI is InChI=1S/C18H15NO3S/c1-23(20,21)17-9-6-15(7-10-17)18-4-2-3-16(19-18)8-5-14-11-12-22-13-14/h3,6-7,9-13H,2,4H2,1H3. The van der Waals surface area contributed by atoms with Crippen LogP contribution in [0.5, 0.6) is 0 Å². The molecule has 1 aliphatic rings. The minimum Gasteiger partial charge on any atom is -0.471 e. The molecule has 23 heavy (non-hydrogen) atoms. The van der Waals surface area contributed by atoms with Crippen molar-refractivity contribution >= 4 is 15.5 Å². The van der Waals surface area contributed by atoms with E-state index in [9.17, 15) is 8.42 Å². The molecule has 1 aromatic heterocycles. The van der Waals surface area contributed by atoms with E-state index in [-0.39, 0.29) is 0 Å². The van der Waals surface area contributed by atoms with Gasteiger partial charge < -0.3 is 4.42 Å². The monoisotopic (exact) mass is 325 g/mol. The van der Waals surface area contributed by atoms with Gasteiger partial charge in [0, 0.05) is 12.0 Å². The second-order valence-corrected chi connectivity index (χ2v) is 7.26. The molecule has 0 saturated carbocycles. The van der Waals surface area contributed by atoms with E-state index in [0.717, 1.165) is 35.4 Å². The van der Waals surface area contributed by atoms with Gasteiger partial charge in [-0.05, 0) is 48.6 Å². The molecule has 0 atom stereocenters. The Kier molecular flexibility index (Phi) is 4.18. The van der Waals surface area contributed by atoms with Crippen LogP contribution >= 0.6 is 0 Å². The number of nitrogens with zero attached hydrogens (tertiary/aromatic N) is 1. The number of aliphatic imine (C=N–C) groups is 1. The van der Waals surface area contributed by atoms with Crippen LogP contribution < -0.4 is 0 Å². The fourth-order valence-electron chi connectivity index (χ4n) is 2.25. The Morgan fingerprint density at radius 3 is 2.57 bits per heavy atom. The quantitative estimate of drug-likeness (QED) is 0.797. The first-order valence-electron chi connectivity index (χ1n) is 7.15. The zero-order chi connectivity index (χ0) is 16.3. The topological polar surface area (TPSA) is 59.6 Å². The molecular formula is C18H15NO3S. The Hall–Kier alpha value is -2.58. The first kappa shape index (κ1) is 15.3. The van der Waals surface area contributed by atoms with Gasteiger partial charge >= 0.3 is 0 Å². The van der Waals surface area contributed by atoms with Gasteiger partial charge in [0.1, 0.15) is 12.0 Å². The van der Waals surface area contributed by atoms with Gasteiger partial charge in [0.25, 0.3) is 0 Å². The Bertz CT molecular complexity index is 922. The lowest BCUT2D eigenvalue weighted by molar-refractivity contribution is 0.566. The third-order valence-electron chi connectivity index (χ3n) is 3.45. The third kappa shape index (κ3) is 3.79. The van der Waals surface area contributed by atoms with Gasteiger partial charge in [0.15, 0.2) is 9.84 Å². The van der Waals surface area contributed by atoms with Crippen molar-refractivity contribution < 1.29 is 12.8 Å². The Morgan fingerprint density at radius 2 is 1.91 bits per heavy atom. The number of hydrogen-bond acceptors (Lipinski definition) is 4. The minimum atomic E-state index is -3.18. The van der Waals surface area contributed by atoms with Crippen LogP contribution in [0.25, 0.3) is 0 Å². The Labute approximate surface area is 135 Å². The highest BCUT2D eigenvalue weighted by atomic mass is 32.2. The van der Waals surface area contributed by atoms with E-state index in [4.69, 9.17) is 4.42 Å². The highest BCUT2D eigenvalue weighted by Gasteiger charge is 2.11. The maximum atomic E-state index is 11.5. The molecule has 5 heteroatoms. The molecule has 0 fully saturated rings. The zero-order valence-electron chi connectivity index (χ0n) is 12.6. The lowest BCUT2D eigenvalue weighted by atomic mass is 10.0. The molecule has 3 rings (SSSR count). The molecule has 116 valence electrons. The van der Waals surface area contributed by atoms with E-state index in [1.807, 2.05) is 6.08 Å². The first-order valence-corrected chi connectivity index (χ1v) is 9.04. The van der Waals surface area contributed by atoms with E-state index >= 15 is 0 Å². The second kappa shape index (κ2) is 6.27. The van der Waals surface area contributed by atoms with Gasteiger partial charge in [-0.1, -0.05) is 18.1 Å². The van der Waals surface area contributed by atoms with E-state index in [2.05, 4.69) is 16.8 Å². The largest absolute Gasteiger partial charge is 0.471 e. The highest BCUT2D eigenvalue weighted by Crippen LogP contribution is 2.18. The van der Waals surface area contributed by atoms with Crippen molar-refractivity contribution in [1.82, 2.24) is 0 Å². The normalized spacial score (nSPS) is 14.5. The molecule has 0 saturated heterocycles. The van der Waals surface area contributed by atoms with E-state index < -0.39 is 9.84 Å². The van der Waals surface area contributed by atoms with Crippen LogP contribution in [0.2, 0.25) is 0 Å². The zero-order valence-corrected chi connectivity index (χ0v) is 13.4. The predicted molar refractivity (Wildman–Crippen MR) is 89.0 cm³/mol. The van der Waals surface area contributed by atoms with Crippen molar-refractivity contribution in [2.45, 2.75) is 17.7 Å². The van der Waals surface area contributed by atoms with E-state index in [1.54, 1.807) is 42.9 Å². The van der Waals surface area contributed by atoms with Gasteiger partial charge in [-0.3, -0.25) is 0 Å². The van der Waals surface area contributed by atoms with Crippen LogP contribution in [0.15, 0.2) is 68.9 Å². The van der Waals surface area contributed by atoms with Crippen molar-refractivity contribution in [1.29, 1.82) is 0 Å². The van der Waals surface area contributed by atoms with Crippen LogP contribution in [0.3, 0.4) is 0 Å². The Morgan fingerprint density at radius 1 is 1.13 bits per heavy atom. The first-order chi connectivity index (χ1) is 11.0. The second-order valence-electron chi connectivity index (χ2n) is 5.25. The fourth-order valence-corrected chi connectivity index (χ4v) is 2.88. The van der Waals surface area contributed by atoms with E-state index in [1.165, 1.54) is 6.26 Å². The summed E-state index contributed by atoms with van der Waals surface area (Å²) in [7, 11) is -3.18. The molecule has 1 aromatic carbocycles.